The minimum Gasteiger partial charge on any atom is -0.465 e. The molecule has 2 heterocycles. The van der Waals surface area contributed by atoms with Crippen molar-refractivity contribution in [2.75, 3.05) is 24.2 Å². The van der Waals surface area contributed by atoms with Gasteiger partial charge in [0.2, 0.25) is 0 Å². The normalized spacial score (nSPS) is 19.1. The molecule has 3 N–H and O–H groups in total. The Morgan fingerprint density at radius 2 is 1.97 bits per heavy atom. The van der Waals surface area contributed by atoms with Gasteiger partial charge in [0.25, 0.3) is 0 Å². The Morgan fingerprint density at radius 1 is 1.16 bits per heavy atom. The third-order valence-electron chi connectivity index (χ3n) is 5.63. The summed E-state index contributed by atoms with van der Waals surface area (Å²) in [7, 11) is 0. The molecule has 1 aliphatic heterocycles. The summed E-state index contributed by atoms with van der Waals surface area (Å²) in [5.74, 6) is 0.166. The quantitative estimate of drug-likeness (QED) is 0.245. The number of aliphatic hydroxyl groups excluding tert-OH is 1. The average molecular weight is 559 g/mol. The highest BCUT2D eigenvalue weighted by Gasteiger charge is 2.32. The highest BCUT2D eigenvalue weighted by atomic mass is 32.2. The number of nitrogens with one attached hydrogen (secondary N) is 2. The van der Waals surface area contributed by atoms with Gasteiger partial charge in [0.1, 0.15) is 11.6 Å². The van der Waals surface area contributed by atoms with E-state index in [9.17, 15) is 14.7 Å². The minimum absolute atomic E-state index is 0.0226. The smallest absolute Gasteiger partial charge is 0.325 e. The Labute approximate surface area is 229 Å². The number of rotatable bonds is 10. The van der Waals surface area contributed by atoms with Crippen LogP contribution in [-0.2, 0) is 25.6 Å². The fraction of sp³-hybridized carbons (Fsp3) is 0.385. The van der Waals surface area contributed by atoms with Crippen molar-refractivity contribution in [3.05, 3.63) is 70.2 Å². The number of carbonyl (C=O) groups is 2. The first-order valence-electron chi connectivity index (χ1n) is 12.2. The van der Waals surface area contributed by atoms with Gasteiger partial charge in [-0.25, -0.2) is 4.79 Å². The van der Waals surface area contributed by atoms with Crippen LogP contribution in [0.5, 0.6) is 0 Å². The number of thioether (sulfide) groups is 1. The van der Waals surface area contributed by atoms with Gasteiger partial charge in [-0.1, -0.05) is 59.5 Å². The van der Waals surface area contributed by atoms with Gasteiger partial charge in [-0.2, -0.15) is 0 Å². The fourth-order valence-corrected chi connectivity index (χ4v) is 5.69. The SMILES string of the molecule is CCOC(=O)CNC(=O)Nc1cccc([C@@H]2O[C@H](CSc3nnc(C)s3)C[C@H](c3ccc(CO)cc3)O2)c1. The number of esters is 1. The van der Waals surface area contributed by atoms with Gasteiger partial charge in [-0.15, -0.1) is 10.2 Å². The summed E-state index contributed by atoms with van der Waals surface area (Å²) < 4.78 is 18.4. The molecule has 1 fully saturated rings. The Kier molecular flexibility index (Phi) is 10.1. The second-order valence-corrected chi connectivity index (χ2v) is 10.9. The van der Waals surface area contributed by atoms with Crippen molar-refractivity contribution in [3.63, 3.8) is 0 Å². The number of amides is 2. The lowest BCUT2D eigenvalue weighted by molar-refractivity contribution is -0.245. The van der Waals surface area contributed by atoms with Gasteiger partial charge in [-0.05, 0) is 37.1 Å². The van der Waals surface area contributed by atoms with Crippen molar-refractivity contribution in [1.29, 1.82) is 0 Å². The van der Waals surface area contributed by atoms with Crippen LogP contribution in [0.25, 0.3) is 0 Å². The lowest BCUT2D eigenvalue weighted by Gasteiger charge is -2.36. The second kappa shape index (κ2) is 13.7. The number of hydrogen-bond donors (Lipinski definition) is 3. The maximum atomic E-state index is 12.2. The van der Waals surface area contributed by atoms with Crippen LogP contribution in [0.2, 0.25) is 0 Å². The molecule has 1 saturated heterocycles. The number of aliphatic hydroxyl groups is 1. The van der Waals surface area contributed by atoms with Crippen LogP contribution in [0.3, 0.4) is 0 Å². The maximum absolute atomic E-state index is 12.2. The number of aryl methyl sites for hydroxylation is 1. The number of benzene rings is 2. The van der Waals surface area contributed by atoms with Crippen molar-refractivity contribution in [3.8, 4) is 0 Å². The zero-order valence-electron chi connectivity index (χ0n) is 21.1. The molecule has 0 aliphatic carbocycles. The predicted octanol–water partition coefficient (Wildman–Crippen LogP) is 4.36. The zero-order valence-corrected chi connectivity index (χ0v) is 22.7. The molecule has 0 unspecified atom stereocenters. The van der Waals surface area contributed by atoms with E-state index < -0.39 is 18.3 Å². The van der Waals surface area contributed by atoms with Crippen molar-refractivity contribution >= 4 is 40.8 Å². The molecule has 0 spiro atoms. The number of nitrogens with zero attached hydrogens (tertiary/aromatic N) is 2. The van der Waals surface area contributed by atoms with Crippen LogP contribution in [0, 0.1) is 6.92 Å². The molecule has 38 heavy (non-hydrogen) atoms. The predicted molar refractivity (Wildman–Crippen MR) is 144 cm³/mol. The molecule has 4 rings (SSSR count). The molecular weight excluding hydrogens is 528 g/mol. The summed E-state index contributed by atoms with van der Waals surface area (Å²) >= 11 is 3.15. The average Bonchev–Trinajstić information content (AvgIpc) is 3.36. The Balaban J connectivity index is 1.47. The third kappa shape index (κ3) is 7.98. The monoisotopic (exact) mass is 558 g/mol. The number of anilines is 1. The molecule has 3 atom stereocenters. The molecule has 3 aromatic rings. The first-order valence-corrected chi connectivity index (χ1v) is 14.0. The van der Waals surface area contributed by atoms with Crippen molar-refractivity contribution in [2.24, 2.45) is 0 Å². The van der Waals surface area contributed by atoms with Gasteiger partial charge in [-0.3, -0.25) is 4.79 Å². The molecule has 0 bridgehead atoms. The third-order valence-corrected chi connectivity index (χ3v) is 7.73. The van der Waals surface area contributed by atoms with E-state index in [1.807, 2.05) is 37.3 Å². The van der Waals surface area contributed by atoms with E-state index in [2.05, 4.69) is 20.8 Å². The van der Waals surface area contributed by atoms with Crippen LogP contribution in [-0.4, -0.2) is 52.3 Å². The van der Waals surface area contributed by atoms with Crippen LogP contribution in [0.1, 0.15) is 47.4 Å². The molecule has 12 heteroatoms. The van der Waals surface area contributed by atoms with Crippen LogP contribution >= 0.6 is 23.1 Å². The minimum atomic E-state index is -0.669. The van der Waals surface area contributed by atoms with E-state index in [4.69, 9.17) is 14.2 Å². The number of urea groups is 1. The van der Waals surface area contributed by atoms with Gasteiger partial charge in [0.15, 0.2) is 10.6 Å². The molecule has 0 saturated carbocycles. The number of hydrogen-bond acceptors (Lipinski definition) is 10. The van der Waals surface area contributed by atoms with E-state index in [0.717, 1.165) is 26.0 Å². The number of aromatic nitrogens is 2. The van der Waals surface area contributed by atoms with Crippen molar-refractivity contribution in [2.45, 2.75) is 49.7 Å². The Hall–Kier alpha value is -3.03. The lowest BCUT2D eigenvalue weighted by atomic mass is 10.0. The molecular formula is C26H30N4O6S2. The van der Waals surface area contributed by atoms with E-state index in [1.165, 1.54) is 0 Å². The summed E-state index contributed by atoms with van der Waals surface area (Å²) in [5.41, 5.74) is 3.09. The first kappa shape index (κ1) is 28.0. The molecule has 202 valence electrons. The summed E-state index contributed by atoms with van der Waals surface area (Å²) in [6.07, 6.45) is -0.381. The molecule has 0 radical (unpaired) electrons. The van der Waals surface area contributed by atoms with E-state index >= 15 is 0 Å². The van der Waals surface area contributed by atoms with Crippen molar-refractivity contribution < 1.29 is 28.9 Å². The standard InChI is InChI=1S/C26H30N4O6S2/c1-3-34-23(32)13-27-25(33)28-20-6-4-5-19(11-20)24-35-21(15-37-26-30-29-16(2)38-26)12-22(36-24)18-9-7-17(14-31)8-10-18/h4-11,21-22,24,31H,3,12-15H2,1-2H3,(H2,27,28,33)/t21-,22+,24+/m0/s1. The lowest BCUT2D eigenvalue weighted by Crippen LogP contribution is -2.34. The van der Waals surface area contributed by atoms with Gasteiger partial charge in [0, 0.05) is 23.4 Å². The molecule has 1 aromatic heterocycles. The highest BCUT2D eigenvalue weighted by molar-refractivity contribution is 8.01. The number of ether oxygens (including phenoxy) is 3. The molecule has 10 nitrogen and oxygen atoms in total. The molecule has 2 amide bonds. The van der Waals surface area contributed by atoms with E-state index in [1.54, 1.807) is 48.2 Å². The topological polar surface area (TPSA) is 132 Å². The van der Waals surface area contributed by atoms with Crippen LogP contribution in [0.15, 0.2) is 52.9 Å². The Bertz CT molecular complexity index is 1220. The second-order valence-electron chi connectivity index (χ2n) is 8.49. The maximum Gasteiger partial charge on any atom is 0.325 e. The van der Waals surface area contributed by atoms with Gasteiger partial charge in [0.05, 0.1) is 25.4 Å². The number of carbonyl (C=O) groups excluding carboxylic acids is 2. The zero-order chi connectivity index (χ0) is 26.9. The Morgan fingerprint density at radius 3 is 2.68 bits per heavy atom. The summed E-state index contributed by atoms with van der Waals surface area (Å²) in [6.45, 7) is 3.63. The summed E-state index contributed by atoms with van der Waals surface area (Å²) in [5, 5.41) is 23.8. The summed E-state index contributed by atoms with van der Waals surface area (Å²) in [6, 6.07) is 14.4. The van der Waals surface area contributed by atoms with E-state index in [-0.39, 0.29) is 32.0 Å². The van der Waals surface area contributed by atoms with Crippen LogP contribution < -0.4 is 10.6 Å². The van der Waals surface area contributed by atoms with Crippen molar-refractivity contribution in [1.82, 2.24) is 15.5 Å². The van der Waals surface area contributed by atoms with Gasteiger partial charge >= 0.3 is 12.0 Å². The van der Waals surface area contributed by atoms with Crippen LogP contribution in [0.4, 0.5) is 10.5 Å². The fourth-order valence-electron chi connectivity index (χ4n) is 3.83. The van der Waals surface area contributed by atoms with E-state index in [0.29, 0.717) is 17.9 Å². The first-order chi connectivity index (χ1) is 18.4. The highest BCUT2D eigenvalue weighted by Crippen LogP contribution is 2.40. The largest absolute Gasteiger partial charge is 0.465 e. The molecule has 2 aromatic carbocycles. The summed E-state index contributed by atoms with van der Waals surface area (Å²) in [4.78, 5) is 23.7. The molecule has 1 aliphatic rings. The van der Waals surface area contributed by atoms with Gasteiger partial charge < -0.3 is 30.0 Å².